The zero-order valence-electron chi connectivity index (χ0n) is 10.8. The van der Waals surface area contributed by atoms with E-state index in [0.717, 1.165) is 11.3 Å². The molecule has 0 saturated carbocycles. The molecule has 2 fully saturated rings. The molecule has 19 heavy (non-hydrogen) atoms. The van der Waals surface area contributed by atoms with Crippen molar-refractivity contribution >= 4 is 23.6 Å². The van der Waals surface area contributed by atoms with Crippen LogP contribution in [0.5, 0.6) is 0 Å². The van der Waals surface area contributed by atoms with Gasteiger partial charge in [0, 0.05) is 19.2 Å². The molecular formula is C14H16N2O2S. The van der Waals surface area contributed by atoms with Crippen LogP contribution in [0.15, 0.2) is 30.3 Å². The second-order valence-electron chi connectivity index (χ2n) is 4.98. The van der Waals surface area contributed by atoms with Crippen LogP contribution in [0.3, 0.4) is 0 Å². The highest BCUT2D eigenvalue weighted by Crippen LogP contribution is 2.29. The van der Waals surface area contributed by atoms with Crippen LogP contribution in [0.1, 0.15) is 5.56 Å². The fraction of sp³-hybridized carbons (Fsp3) is 0.429. The summed E-state index contributed by atoms with van der Waals surface area (Å²) in [5, 5.41) is 0. The highest BCUT2D eigenvalue weighted by atomic mass is 32.2. The number of amides is 2. The van der Waals surface area contributed by atoms with Crippen molar-refractivity contribution in [3.05, 3.63) is 35.9 Å². The molecule has 0 bridgehead atoms. The molecule has 2 aliphatic heterocycles. The first kappa shape index (κ1) is 12.5. The molecule has 100 valence electrons. The zero-order valence-corrected chi connectivity index (χ0v) is 11.6. The van der Waals surface area contributed by atoms with Crippen LogP contribution in [0.25, 0.3) is 0 Å². The van der Waals surface area contributed by atoms with Crippen molar-refractivity contribution in [2.45, 2.75) is 18.5 Å². The lowest BCUT2D eigenvalue weighted by atomic mass is 9.99. The van der Waals surface area contributed by atoms with Gasteiger partial charge in [-0.1, -0.05) is 30.3 Å². The number of hydrogen-bond acceptors (Lipinski definition) is 3. The number of piperazine rings is 1. The Morgan fingerprint density at radius 1 is 1.21 bits per heavy atom. The molecule has 2 aliphatic rings. The average Bonchev–Trinajstić information content (AvgIpc) is 2.92. The predicted molar refractivity (Wildman–Crippen MR) is 74.7 cm³/mol. The van der Waals surface area contributed by atoms with Crippen LogP contribution >= 0.6 is 11.8 Å². The van der Waals surface area contributed by atoms with E-state index in [2.05, 4.69) is 0 Å². The molecule has 1 aromatic carbocycles. The topological polar surface area (TPSA) is 40.6 Å². The van der Waals surface area contributed by atoms with Gasteiger partial charge >= 0.3 is 0 Å². The molecule has 0 unspecified atom stereocenters. The van der Waals surface area contributed by atoms with Gasteiger partial charge in [0.25, 0.3) is 0 Å². The normalized spacial score (nSPS) is 26.8. The SMILES string of the molecule is CN1C(=O)[C@@H]2CSCN2C(=O)[C@@H]1Cc1ccccc1. The molecular weight excluding hydrogens is 260 g/mol. The molecule has 2 saturated heterocycles. The Bertz CT molecular complexity index is 505. The number of hydrogen-bond donors (Lipinski definition) is 0. The summed E-state index contributed by atoms with van der Waals surface area (Å²) in [5.74, 6) is 1.54. The summed E-state index contributed by atoms with van der Waals surface area (Å²) in [6, 6.07) is 9.26. The summed E-state index contributed by atoms with van der Waals surface area (Å²) in [6.07, 6.45) is 0.593. The van der Waals surface area contributed by atoms with Crippen LogP contribution in [-0.2, 0) is 16.0 Å². The summed E-state index contributed by atoms with van der Waals surface area (Å²) >= 11 is 1.65. The number of carbonyl (C=O) groups is 2. The number of likely N-dealkylation sites (N-methyl/N-ethyl adjacent to an activating group) is 1. The maximum atomic E-state index is 12.5. The lowest BCUT2D eigenvalue weighted by Crippen LogP contribution is -2.62. The minimum atomic E-state index is -0.357. The van der Waals surface area contributed by atoms with E-state index >= 15 is 0 Å². The molecule has 5 heteroatoms. The molecule has 4 nitrogen and oxygen atoms in total. The maximum absolute atomic E-state index is 12.5. The van der Waals surface area contributed by atoms with Crippen LogP contribution in [0.4, 0.5) is 0 Å². The van der Waals surface area contributed by atoms with Gasteiger partial charge in [-0.05, 0) is 5.56 Å². The van der Waals surface area contributed by atoms with Gasteiger partial charge in [-0.15, -0.1) is 11.8 Å². The van der Waals surface area contributed by atoms with Crippen molar-refractivity contribution in [1.29, 1.82) is 0 Å². The maximum Gasteiger partial charge on any atom is 0.247 e. The molecule has 2 atom stereocenters. The van der Waals surface area contributed by atoms with E-state index in [1.165, 1.54) is 0 Å². The Balaban J connectivity index is 1.84. The molecule has 0 radical (unpaired) electrons. The summed E-state index contributed by atoms with van der Waals surface area (Å²) in [7, 11) is 1.74. The first-order valence-corrected chi connectivity index (χ1v) is 7.53. The van der Waals surface area contributed by atoms with Gasteiger partial charge in [0.05, 0.1) is 5.88 Å². The number of fused-ring (bicyclic) bond motifs is 1. The number of carbonyl (C=O) groups excluding carboxylic acids is 2. The van der Waals surface area contributed by atoms with Crippen molar-refractivity contribution in [2.75, 3.05) is 18.7 Å². The van der Waals surface area contributed by atoms with Gasteiger partial charge < -0.3 is 9.80 Å². The lowest BCUT2D eigenvalue weighted by Gasteiger charge is -2.40. The fourth-order valence-electron chi connectivity index (χ4n) is 2.67. The van der Waals surface area contributed by atoms with E-state index in [4.69, 9.17) is 0 Å². The van der Waals surface area contributed by atoms with E-state index in [0.29, 0.717) is 12.3 Å². The molecule has 0 spiro atoms. The van der Waals surface area contributed by atoms with Crippen LogP contribution < -0.4 is 0 Å². The standard InChI is InChI=1S/C14H16N2O2S/c1-15-11(7-10-5-3-2-4-6-10)14(18)16-9-19-8-12(16)13(15)17/h2-6,11-12H,7-9H2,1H3/t11-,12-/m0/s1. The van der Waals surface area contributed by atoms with E-state index in [-0.39, 0.29) is 23.9 Å². The minimum Gasteiger partial charge on any atom is -0.332 e. The predicted octanol–water partition coefficient (Wildman–Crippen LogP) is 0.971. The van der Waals surface area contributed by atoms with E-state index in [1.807, 2.05) is 30.3 Å². The number of rotatable bonds is 2. The molecule has 0 aromatic heterocycles. The molecule has 0 aliphatic carbocycles. The van der Waals surface area contributed by atoms with Gasteiger partial charge in [0.1, 0.15) is 12.1 Å². The monoisotopic (exact) mass is 276 g/mol. The Hall–Kier alpha value is -1.49. The quantitative estimate of drug-likeness (QED) is 0.808. The van der Waals surface area contributed by atoms with Crippen molar-refractivity contribution in [3.63, 3.8) is 0 Å². The smallest absolute Gasteiger partial charge is 0.247 e. The van der Waals surface area contributed by atoms with Crippen molar-refractivity contribution in [2.24, 2.45) is 0 Å². The second kappa shape index (κ2) is 4.89. The third-order valence-corrected chi connectivity index (χ3v) is 4.83. The number of benzene rings is 1. The van der Waals surface area contributed by atoms with Crippen molar-refractivity contribution < 1.29 is 9.59 Å². The Kier molecular flexibility index (Phi) is 3.22. The number of nitrogens with zero attached hydrogens (tertiary/aromatic N) is 2. The highest BCUT2D eigenvalue weighted by Gasteiger charge is 2.46. The van der Waals surface area contributed by atoms with Crippen LogP contribution in [0.2, 0.25) is 0 Å². The molecule has 2 amide bonds. The summed E-state index contributed by atoms with van der Waals surface area (Å²) in [6.45, 7) is 0. The number of thioether (sulfide) groups is 1. The molecule has 0 N–H and O–H groups in total. The molecule has 3 rings (SSSR count). The summed E-state index contributed by atoms with van der Waals surface area (Å²) < 4.78 is 0. The minimum absolute atomic E-state index is 0.0746. The van der Waals surface area contributed by atoms with Crippen molar-refractivity contribution in [3.8, 4) is 0 Å². The average molecular weight is 276 g/mol. The highest BCUT2D eigenvalue weighted by molar-refractivity contribution is 7.99. The Morgan fingerprint density at radius 2 is 1.95 bits per heavy atom. The van der Waals surface area contributed by atoms with Gasteiger partial charge in [0.15, 0.2) is 0 Å². The zero-order chi connectivity index (χ0) is 13.4. The summed E-state index contributed by atoms with van der Waals surface area (Å²) in [5.41, 5.74) is 1.09. The van der Waals surface area contributed by atoms with E-state index < -0.39 is 0 Å². The Morgan fingerprint density at radius 3 is 2.68 bits per heavy atom. The van der Waals surface area contributed by atoms with Gasteiger partial charge in [0.2, 0.25) is 11.8 Å². The first-order chi connectivity index (χ1) is 9.18. The van der Waals surface area contributed by atoms with Crippen molar-refractivity contribution in [1.82, 2.24) is 9.80 Å². The van der Waals surface area contributed by atoms with Crippen LogP contribution in [-0.4, -0.2) is 52.4 Å². The van der Waals surface area contributed by atoms with E-state index in [9.17, 15) is 9.59 Å². The second-order valence-corrected chi connectivity index (χ2v) is 5.98. The molecule has 2 heterocycles. The van der Waals surface area contributed by atoms with Gasteiger partial charge in [-0.2, -0.15) is 0 Å². The van der Waals surface area contributed by atoms with Gasteiger partial charge in [-0.3, -0.25) is 9.59 Å². The third-order valence-electron chi connectivity index (χ3n) is 3.82. The Labute approximate surface area is 116 Å². The van der Waals surface area contributed by atoms with Gasteiger partial charge in [-0.25, -0.2) is 0 Å². The van der Waals surface area contributed by atoms with Crippen LogP contribution in [0, 0.1) is 0 Å². The lowest BCUT2D eigenvalue weighted by molar-refractivity contribution is -0.157. The summed E-state index contributed by atoms with van der Waals surface area (Å²) in [4.78, 5) is 28.1. The third kappa shape index (κ3) is 2.12. The fourth-order valence-corrected chi connectivity index (χ4v) is 3.83. The largest absolute Gasteiger partial charge is 0.332 e. The molecule has 1 aromatic rings. The first-order valence-electron chi connectivity index (χ1n) is 6.37. The van der Waals surface area contributed by atoms with E-state index in [1.54, 1.807) is 28.6 Å².